The molecule has 0 spiro atoms. The minimum Gasteiger partial charge on any atom is -0.425 e. The average Bonchev–Trinajstić information content (AvgIpc) is 2.24. The minimum absolute atomic E-state index is 0.0579. The Morgan fingerprint density at radius 2 is 2.12 bits per heavy atom. The zero-order chi connectivity index (χ0) is 13.1. The lowest BCUT2D eigenvalue weighted by Gasteiger charge is -2.07. The predicted molar refractivity (Wildman–Crippen MR) is 61.7 cm³/mol. The van der Waals surface area contributed by atoms with Crippen molar-refractivity contribution in [2.45, 2.75) is 11.8 Å². The number of sulfone groups is 1. The highest BCUT2D eigenvalue weighted by atomic mass is 32.2. The third-order valence-electron chi connectivity index (χ3n) is 2.05. The molecule has 1 aromatic rings. The minimum atomic E-state index is -3.36. The van der Waals surface area contributed by atoms with E-state index in [0.29, 0.717) is 0 Å². The molecule has 0 fully saturated rings. The fourth-order valence-electron chi connectivity index (χ4n) is 1.25. The van der Waals surface area contributed by atoms with Gasteiger partial charge in [0.15, 0.2) is 15.6 Å². The third kappa shape index (κ3) is 3.29. The molecule has 0 atom stereocenters. The normalized spacial score (nSPS) is 10.6. The van der Waals surface area contributed by atoms with Crippen LogP contribution in [0.4, 0.5) is 0 Å². The van der Waals surface area contributed by atoms with Crippen molar-refractivity contribution in [1.82, 2.24) is 0 Å². The van der Waals surface area contributed by atoms with E-state index in [2.05, 4.69) is 4.85 Å². The lowest BCUT2D eigenvalue weighted by molar-refractivity contribution is 0.101. The molecule has 0 N–H and O–H groups in total. The van der Waals surface area contributed by atoms with Crippen LogP contribution in [0.5, 0.6) is 5.75 Å². The first-order valence-corrected chi connectivity index (χ1v) is 6.56. The van der Waals surface area contributed by atoms with Gasteiger partial charge in [0.05, 0.1) is 10.5 Å². The van der Waals surface area contributed by atoms with Gasteiger partial charge in [-0.15, -0.1) is 0 Å². The molecular formula is C11H11NO4S. The molecule has 90 valence electrons. The zero-order valence-electron chi connectivity index (χ0n) is 9.43. The van der Waals surface area contributed by atoms with Crippen molar-refractivity contribution < 1.29 is 17.9 Å². The van der Waals surface area contributed by atoms with Crippen LogP contribution < -0.4 is 4.74 Å². The van der Waals surface area contributed by atoms with Crippen molar-refractivity contribution in [3.05, 3.63) is 35.2 Å². The van der Waals surface area contributed by atoms with E-state index in [9.17, 15) is 13.2 Å². The monoisotopic (exact) mass is 253 g/mol. The van der Waals surface area contributed by atoms with Gasteiger partial charge in [0.25, 0.3) is 0 Å². The Kier molecular flexibility index (Phi) is 3.86. The summed E-state index contributed by atoms with van der Waals surface area (Å²) in [7, 11) is -3.36. The molecule has 1 aromatic carbocycles. The van der Waals surface area contributed by atoms with Gasteiger partial charge in [-0.25, -0.2) is 15.0 Å². The topological polar surface area (TPSA) is 64.8 Å². The van der Waals surface area contributed by atoms with Crippen LogP contribution in [0.25, 0.3) is 4.85 Å². The number of hydrogen-bond acceptors (Lipinski definition) is 4. The second kappa shape index (κ2) is 4.97. The van der Waals surface area contributed by atoms with Crippen LogP contribution in [0, 0.1) is 6.57 Å². The van der Waals surface area contributed by atoms with Crippen LogP contribution in [0.15, 0.2) is 23.1 Å². The number of ether oxygens (including phenoxy) is 1. The van der Waals surface area contributed by atoms with E-state index in [1.165, 1.54) is 25.1 Å². The van der Waals surface area contributed by atoms with E-state index in [-0.39, 0.29) is 28.7 Å². The molecule has 1 rings (SSSR count). The molecule has 0 aliphatic carbocycles. The van der Waals surface area contributed by atoms with E-state index < -0.39 is 9.84 Å². The Balaban J connectivity index is 3.30. The van der Waals surface area contributed by atoms with Crippen LogP contribution in [0.2, 0.25) is 0 Å². The first-order valence-electron chi connectivity index (χ1n) is 4.67. The molecule has 0 saturated heterocycles. The lowest BCUT2D eigenvalue weighted by Crippen LogP contribution is -2.04. The summed E-state index contributed by atoms with van der Waals surface area (Å²) < 4.78 is 27.7. The number of carbonyl (C=O) groups excluding carboxylic acids is 1. The van der Waals surface area contributed by atoms with Gasteiger partial charge in [-0.05, 0) is 25.1 Å². The van der Waals surface area contributed by atoms with Crippen molar-refractivity contribution >= 4 is 15.6 Å². The zero-order valence-corrected chi connectivity index (χ0v) is 10.2. The summed E-state index contributed by atoms with van der Waals surface area (Å²) in [5.41, 5.74) is 0.265. The summed E-state index contributed by atoms with van der Waals surface area (Å²) >= 11 is 0. The summed E-state index contributed by atoms with van der Waals surface area (Å²) in [6.07, 6.45) is 1.06. The molecule has 0 bridgehead atoms. The Labute approximate surface area is 99.8 Å². The highest BCUT2D eigenvalue weighted by Gasteiger charge is 2.14. The summed E-state index contributed by atoms with van der Waals surface area (Å²) in [5.74, 6) is -0.124. The van der Waals surface area contributed by atoms with Crippen molar-refractivity contribution in [3.8, 4) is 5.75 Å². The number of ketones is 1. The van der Waals surface area contributed by atoms with Crippen LogP contribution in [-0.4, -0.2) is 27.2 Å². The molecule has 17 heavy (non-hydrogen) atoms. The maximum Gasteiger partial charge on any atom is 0.357 e. The molecule has 5 nitrogen and oxygen atoms in total. The van der Waals surface area contributed by atoms with Crippen molar-refractivity contribution in [1.29, 1.82) is 0 Å². The van der Waals surface area contributed by atoms with E-state index in [4.69, 9.17) is 11.3 Å². The van der Waals surface area contributed by atoms with Crippen molar-refractivity contribution in [2.24, 2.45) is 0 Å². The predicted octanol–water partition coefficient (Wildman–Crippen LogP) is 1.55. The van der Waals surface area contributed by atoms with E-state index in [1.807, 2.05) is 0 Å². The van der Waals surface area contributed by atoms with Gasteiger partial charge in [-0.3, -0.25) is 9.64 Å². The number of rotatable bonds is 4. The molecule has 0 aliphatic heterocycles. The first-order chi connectivity index (χ1) is 7.86. The summed E-state index contributed by atoms with van der Waals surface area (Å²) in [6.45, 7) is 7.69. The molecule has 0 aliphatic rings. The number of hydrogen-bond donors (Lipinski definition) is 0. The number of carbonyl (C=O) groups is 1. The van der Waals surface area contributed by atoms with Crippen LogP contribution in [0.3, 0.4) is 0 Å². The molecule has 0 radical (unpaired) electrons. The Bertz CT molecular complexity index is 584. The maximum absolute atomic E-state index is 11.3. The number of nitrogens with zero attached hydrogens (tertiary/aromatic N) is 1. The first kappa shape index (κ1) is 13.2. The largest absolute Gasteiger partial charge is 0.425 e. The quantitative estimate of drug-likeness (QED) is 0.603. The number of benzene rings is 1. The van der Waals surface area contributed by atoms with Gasteiger partial charge in [0.1, 0.15) is 5.75 Å². The van der Waals surface area contributed by atoms with E-state index in [1.54, 1.807) is 0 Å². The van der Waals surface area contributed by atoms with Crippen LogP contribution >= 0.6 is 0 Å². The summed E-state index contributed by atoms with van der Waals surface area (Å²) in [4.78, 5) is 14.3. The third-order valence-corrected chi connectivity index (χ3v) is 3.16. The molecular weight excluding hydrogens is 242 g/mol. The van der Waals surface area contributed by atoms with Gasteiger partial charge in [-0.1, -0.05) is 0 Å². The van der Waals surface area contributed by atoms with Gasteiger partial charge in [-0.2, -0.15) is 0 Å². The van der Waals surface area contributed by atoms with Gasteiger partial charge in [0.2, 0.25) is 0 Å². The number of Topliss-reactive ketones (excluding diaryl/α,β-unsaturated/α-hetero) is 1. The van der Waals surface area contributed by atoms with Gasteiger partial charge >= 0.3 is 6.73 Å². The summed E-state index contributed by atoms with van der Waals surface area (Å²) in [6, 6.07) is 3.99. The highest BCUT2D eigenvalue weighted by molar-refractivity contribution is 7.90. The van der Waals surface area contributed by atoms with Gasteiger partial charge < -0.3 is 4.74 Å². The second-order valence-electron chi connectivity index (χ2n) is 3.42. The van der Waals surface area contributed by atoms with E-state index in [0.717, 1.165) is 6.26 Å². The fraction of sp³-hybridized carbons (Fsp3) is 0.273. The summed E-state index contributed by atoms with van der Waals surface area (Å²) in [5, 5.41) is 0. The molecule has 6 heteroatoms. The second-order valence-corrected chi connectivity index (χ2v) is 5.43. The molecule has 0 amide bonds. The molecule has 0 unspecified atom stereocenters. The van der Waals surface area contributed by atoms with Crippen LogP contribution in [-0.2, 0) is 9.84 Å². The Morgan fingerprint density at radius 1 is 1.47 bits per heavy atom. The smallest absolute Gasteiger partial charge is 0.357 e. The van der Waals surface area contributed by atoms with Crippen molar-refractivity contribution in [2.75, 3.05) is 13.0 Å². The molecule has 0 saturated carbocycles. The average molecular weight is 253 g/mol. The van der Waals surface area contributed by atoms with Gasteiger partial charge in [0, 0.05) is 6.26 Å². The fourth-order valence-corrected chi connectivity index (χ4v) is 1.88. The van der Waals surface area contributed by atoms with Crippen LogP contribution in [0.1, 0.15) is 17.3 Å². The standard InChI is InChI=1S/C11H11NO4S/c1-8(13)10-5-4-9(17(3,14)15)6-11(10)16-7-12-2/h4-6H,7H2,1,3H3. The Hall–Kier alpha value is -1.87. The molecule has 0 heterocycles. The lowest BCUT2D eigenvalue weighted by atomic mass is 10.1. The van der Waals surface area contributed by atoms with E-state index >= 15 is 0 Å². The Morgan fingerprint density at radius 3 is 2.59 bits per heavy atom. The molecule has 0 aromatic heterocycles. The highest BCUT2D eigenvalue weighted by Crippen LogP contribution is 2.23. The van der Waals surface area contributed by atoms with Crippen molar-refractivity contribution in [3.63, 3.8) is 0 Å². The SMILES string of the molecule is [C-]#[N+]COc1cc(S(C)(=O)=O)ccc1C(C)=O. The maximum atomic E-state index is 11.3.